The Balaban J connectivity index is 1.31. The first-order valence-electron chi connectivity index (χ1n) is 9.70. The number of fused-ring (bicyclic) bond motifs is 1. The van der Waals surface area contributed by atoms with Crippen LogP contribution in [0.2, 0.25) is 0 Å². The van der Waals surface area contributed by atoms with Crippen LogP contribution in [-0.2, 0) is 22.3 Å². The zero-order valence-corrected chi connectivity index (χ0v) is 16.7. The molecule has 150 valence electrons. The van der Waals surface area contributed by atoms with Crippen molar-refractivity contribution < 1.29 is 17.9 Å². The average Bonchev–Trinajstić information content (AvgIpc) is 3.17. The summed E-state index contributed by atoms with van der Waals surface area (Å²) in [7, 11) is -3.32. The molecule has 2 heterocycles. The van der Waals surface area contributed by atoms with Crippen molar-refractivity contribution in [1.29, 1.82) is 0 Å². The molecule has 2 aromatic rings. The van der Waals surface area contributed by atoms with Crippen LogP contribution < -0.4 is 14.2 Å². The Hall–Kier alpha value is -2.09. The summed E-state index contributed by atoms with van der Waals surface area (Å²) < 4.78 is 38.6. The summed E-state index contributed by atoms with van der Waals surface area (Å²) in [4.78, 5) is 2.37. The monoisotopic (exact) mass is 402 g/mol. The molecule has 28 heavy (non-hydrogen) atoms. The lowest BCUT2D eigenvalue weighted by Gasteiger charge is -2.33. The summed E-state index contributed by atoms with van der Waals surface area (Å²) in [6, 6.07) is 15.3. The number of benzene rings is 2. The van der Waals surface area contributed by atoms with E-state index >= 15 is 0 Å². The van der Waals surface area contributed by atoms with Gasteiger partial charge in [0.1, 0.15) is 0 Å². The summed E-state index contributed by atoms with van der Waals surface area (Å²) in [5.41, 5.74) is 1.93. The number of para-hydroxylation sites is 1. The lowest BCUT2D eigenvalue weighted by molar-refractivity contribution is 0.160. The predicted molar refractivity (Wildman–Crippen MR) is 108 cm³/mol. The van der Waals surface area contributed by atoms with Crippen molar-refractivity contribution in [2.24, 2.45) is 5.92 Å². The van der Waals surface area contributed by atoms with Gasteiger partial charge in [-0.2, -0.15) is 0 Å². The molecule has 1 N–H and O–H groups in total. The SMILES string of the molecule is O=S(=O)(Cc1ccccc1)NC[C@H]1CCCN(Cc2cccc3c2OCO3)C1. The Morgan fingerprint density at radius 3 is 2.79 bits per heavy atom. The molecule has 0 radical (unpaired) electrons. The van der Waals surface area contributed by atoms with Crippen LogP contribution in [0.25, 0.3) is 0 Å². The molecule has 4 rings (SSSR count). The van der Waals surface area contributed by atoms with E-state index in [0.29, 0.717) is 12.5 Å². The molecule has 7 heteroatoms. The average molecular weight is 403 g/mol. The first-order chi connectivity index (χ1) is 13.6. The third-order valence-corrected chi connectivity index (χ3v) is 6.59. The molecule has 1 fully saturated rings. The molecular weight excluding hydrogens is 376 g/mol. The van der Waals surface area contributed by atoms with Gasteiger partial charge in [0, 0.05) is 25.2 Å². The lowest BCUT2D eigenvalue weighted by atomic mass is 9.98. The lowest BCUT2D eigenvalue weighted by Crippen LogP contribution is -2.40. The van der Waals surface area contributed by atoms with Gasteiger partial charge in [-0.15, -0.1) is 0 Å². The standard InChI is InChI=1S/C21H26N2O4S/c24-28(25,15-17-6-2-1-3-7-17)22-12-18-8-5-11-23(13-18)14-19-9-4-10-20-21(19)27-16-26-20/h1-4,6-7,9-10,18,22H,5,8,11-16H2/t18-/m1/s1. The molecule has 0 spiro atoms. The second-order valence-electron chi connectivity index (χ2n) is 7.49. The maximum atomic E-state index is 12.4. The van der Waals surface area contributed by atoms with Crippen LogP contribution in [0.3, 0.4) is 0 Å². The minimum absolute atomic E-state index is 0.0256. The van der Waals surface area contributed by atoms with Crippen LogP contribution in [0.15, 0.2) is 48.5 Å². The first-order valence-corrected chi connectivity index (χ1v) is 11.4. The van der Waals surface area contributed by atoms with E-state index in [4.69, 9.17) is 9.47 Å². The van der Waals surface area contributed by atoms with Gasteiger partial charge in [0.15, 0.2) is 11.5 Å². The van der Waals surface area contributed by atoms with Gasteiger partial charge in [-0.1, -0.05) is 42.5 Å². The topological polar surface area (TPSA) is 67.9 Å². The zero-order chi connectivity index (χ0) is 19.4. The smallest absolute Gasteiger partial charge is 0.231 e. The Morgan fingerprint density at radius 1 is 1.07 bits per heavy atom. The number of nitrogens with zero attached hydrogens (tertiary/aromatic N) is 1. The van der Waals surface area contributed by atoms with Gasteiger partial charge in [-0.05, 0) is 36.9 Å². The molecule has 0 saturated carbocycles. The molecule has 2 aromatic carbocycles. The van der Waals surface area contributed by atoms with Crippen molar-refractivity contribution in [3.05, 3.63) is 59.7 Å². The molecule has 1 saturated heterocycles. The molecule has 6 nitrogen and oxygen atoms in total. The van der Waals surface area contributed by atoms with E-state index in [9.17, 15) is 8.42 Å². The first kappa shape index (κ1) is 19.2. The Morgan fingerprint density at radius 2 is 1.93 bits per heavy atom. The maximum Gasteiger partial charge on any atom is 0.231 e. The van der Waals surface area contributed by atoms with Gasteiger partial charge in [-0.3, -0.25) is 4.90 Å². The molecule has 0 aliphatic carbocycles. The fourth-order valence-corrected chi connectivity index (χ4v) is 5.13. The molecule has 0 bridgehead atoms. The number of piperidine rings is 1. The highest BCUT2D eigenvalue weighted by atomic mass is 32.2. The summed E-state index contributed by atoms with van der Waals surface area (Å²) in [6.07, 6.45) is 2.11. The van der Waals surface area contributed by atoms with Crippen LogP contribution >= 0.6 is 0 Å². The summed E-state index contributed by atoms with van der Waals surface area (Å²) >= 11 is 0. The van der Waals surface area contributed by atoms with Gasteiger partial charge in [-0.25, -0.2) is 13.1 Å². The maximum absolute atomic E-state index is 12.4. The van der Waals surface area contributed by atoms with Crippen LogP contribution in [0.4, 0.5) is 0 Å². The summed E-state index contributed by atoms with van der Waals surface area (Å²) in [6.45, 7) is 3.44. The van der Waals surface area contributed by atoms with Crippen molar-refractivity contribution in [2.75, 3.05) is 26.4 Å². The van der Waals surface area contributed by atoms with Crippen LogP contribution in [0.5, 0.6) is 11.5 Å². The Labute approximate surface area is 166 Å². The number of ether oxygens (including phenoxy) is 2. The van der Waals surface area contributed by atoms with Gasteiger partial charge in [0.05, 0.1) is 5.75 Å². The van der Waals surface area contributed by atoms with E-state index < -0.39 is 10.0 Å². The van der Waals surface area contributed by atoms with Crippen molar-refractivity contribution in [3.8, 4) is 11.5 Å². The van der Waals surface area contributed by atoms with Crippen molar-refractivity contribution in [1.82, 2.24) is 9.62 Å². The molecule has 0 aromatic heterocycles. The number of likely N-dealkylation sites (tertiary alicyclic amines) is 1. The van der Waals surface area contributed by atoms with Gasteiger partial charge in [0.2, 0.25) is 16.8 Å². The number of hydrogen-bond donors (Lipinski definition) is 1. The third kappa shape index (κ3) is 4.84. The predicted octanol–water partition coefficient (Wildman–Crippen LogP) is 2.75. The summed E-state index contributed by atoms with van der Waals surface area (Å²) in [5, 5.41) is 0. The number of sulfonamides is 1. The molecular formula is C21H26N2O4S. The van der Waals surface area contributed by atoms with Crippen LogP contribution in [-0.4, -0.2) is 39.7 Å². The molecule has 2 aliphatic rings. The molecule has 2 aliphatic heterocycles. The van der Waals surface area contributed by atoms with E-state index in [2.05, 4.69) is 15.7 Å². The second-order valence-corrected chi connectivity index (χ2v) is 9.29. The minimum Gasteiger partial charge on any atom is -0.454 e. The van der Waals surface area contributed by atoms with Crippen molar-refractivity contribution >= 4 is 10.0 Å². The van der Waals surface area contributed by atoms with E-state index in [-0.39, 0.29) is 12.5 Å². The second kappa shape index (κ2) is 8.51. The molecule has 0 amide bonds. The summed E-state index contributed by atoms with van der Waals surface area (Å²) in [5.74, 6) is 1.98. The van der Waals surface area contributed by atoms with E-state index in [1.165, 1.54) is 0 Å². The highest BCUT2D eigenvalue weighted by Gasteiger charge is 2.24. The number of hydrogen-bond acceptors (Lipinski definition) is 5. The fourth-order valence-electron chi connectivity index (χ4n) is 3.91. The van der Waals surface area contributed by atoms with Gasteiger partial charge >= 0.3 is 0 Å². The minimum atomic E-state index is -3.32. The fraction of sp³-hybridized carbons (Fsp3) is 0.429. The van der Waals surface area contributed by atoms with Crippen molar-refractivity contribution in [3.63, 3.8) is 0 Å². The van der Waals surface area contributed by atoms with E-state index in [1.807, 2.05) is 42.5 Å². The zero-order valence-electron chi connectivity index (χ0n) is 15.8. The van der Waals surface area contributed by atoms with Gasteiger partial charge < -0.3 is 9.47 Å². The quantitative estimate of drug-likeness (QED) is 0.771. The Bertz CT molecular complexity index is 902. The number of nitrogens with one attached hydrogen (secondary N) is 1. The van der Waals surface area contributed by atoms with Gasteiger partial charge in [0.25, 0.3) is 0 Å². The van der Waals surface area contributed by atoms with E-state index in [0.717, 1.165) is 55.1 Å². The normalized spacial score (nSPS) is 19.6. The number of rotatable bonds is 7. The Kier molecular flexibility index (Phi) is 5.85. The molecule has 0 unspecified atom stereocenters. The molecule has 1 atom stereocenters. The third-order valence-electron chi connectivity index (χ3n) is 5.27. The van der Waals surface area contributed by atoms with Crippen LogP contribution in [0.1, 0.15) is 24.0 Å². The highest BCUT2D eigenvalue weighted by molar-refractivity contribution is 7.88. The van der Waals surface area contributed by atoms with Crippen LogP contribution in [0, 0.1) is 5.92 Å². The van der Waals surface area contributed by atoms with Crippen molar-refractivity contribution in [2.45, 2.75) is 25.1 Å². The van der Waals surface area contributed by atoms with E-state index in [1.54, 1.807) is 0 Å². The largest absolute Gasteiger partial charge is 0.454 e. The highest BCUT2D eigenvalue weighted by Crippen LogP contribution is 2.36.